The van der Waals surface area contributed by atoms with E-state index in [0.29, 0.717) is 37.9 Å². The second-order valence-electron chi connectivity index (χ2n) is 9.35. The van der Waals surface area contributed by atoms with E-state index in [0.717, 1.165) is 34.5 Å². The molecule has 40 heavy (non-hydrogen) atoms. The molecule has 0 fully saturated rings. The van der Waals surface area contributed by atoms with Crippen molar-refractivity contribution in [2.75, 3.05) is 44.7 Å². The highest BCUT2D eigenvalue weighted by atomic mass is 35.5. The van der Waals surface area contributed by atoms with Crippen LogP contribution in [-0.2, 0) is 22.7 Å². The third-order valence-corrected chi connectivity index (χ3v) is 6.52. The molecular formula is C27H36Cl2FN7O3. The number of hydrazine groups is 1. The van der Waals surface area contributed by atoms with Crippen LogP contribution in [0.1, 0.15) is 29.5 Å². The second-order valence-corrected chi connectivity index (χ2v) is 9.35. The Morgan fingerprint density at radius 1 is 1.05 bits per heavy atom. The lowest BCUT2D eigenvalue weighted by Crippen LogP contribution is -2.48. The molecule has 2 amide bonds. The molecule has 2 aromatic carbocycles. The molecule has 218 valence electrons. The van der Waals surface area contributed by atoms with Crippen molar-refractivity contribution < 1.29 is 18.5 Å². The van der Waals surface area contributed by atoms with Crippen LogP contribution < -0.4 is 15.5 Å². The van der Waals surface area contributed by atoms with E-state index >= 15 is 0 Å². The smallest absolute Gasteiger partial charge is 0.256 e. The van der Waals surface area contributed by atoms with Crippen molar-refractivity contribution in [2.45, 2.75) is 33.9 Å². The average molecular weight is 597 g/mol. The van der Waals surface area contributed by atoms with Crippen LogP contribution in [0.5, 0.6) is 0 Å². The molecule has 13 heteroatoms. The summed E-state index contributed by atoms with van der Waals surface area (Å²) in [7, 11) is 1.70. The number of aromatic nitrogens is 2. The first-order valence-electron chi connectivity index (χ1n) is 12.7. The molecule has 0 radical (unpaired) electrons. The van der Waals surface area contributed by atoms with E-state index in [4.69, 9.17) is 4.52 Å². The first kappa shape index (κ1) is 33.0. The van der Waals surface area contributed by atoms with E-state index in [-0.39, 0.29) is 55.5 Å². The maximum absolute atomic E-state index is 13.7. The van der Waals surface area contributed by atoms with E-state index in [2.05, 4.69) is 20.8 Å². The van der Waals surface area contributed by atoms with E-state index in [9.17, 15) is 14.0 Å². The van der Waals surface area contributed by atoms with Crippen molar-refractivity contribution in [1.82, 2.24) is 30.8 Å². The maximum Gasteiger partial charge on any atom is 0.256 e. The molecule has 2 heterocycles. The van der Waals surface area contributed by atoms with Crippen LogP contribution in [0.2, 0.25) is 0 Å². The molecule has 3 aromatic rings. The van der Waals surface area contributed by atoms with Gasteiger partial charge in [0, 0.05) is 51.4 Å². The van der Waals surface area contributed by atoms with Gasteiger partial charge in [0.15, 0.2) is 0 Å². The number of fused-ring (bicyclic) bond motifs is 1. The molecule has 0 saturated carbocycles. The van der Waals surface area contributed by atoms with Crippen LogP contribution in [0.15, 0.2) is 40.9 Å². The lowest BCUT2D eigenvalue weighted by Gasteiger charge is -2.32. The molecule has 0 unspecified atom stereocenters. The monoisotopic (exact) mass is 595 g/mol. The highest BCUT2D eigenvalue weighted by molar-refractivity contribution is 5.87. The van der Waals surface area contributed by atoms with Crippen molar-refractivity contribution in [3.63, 3.8) is 0 Å². The fraction of sp³-hybridized carbons (Fsp3) is 0.407. The Balaban J connectivity index is 0.00000280. The maximum atomic E-state index is 13.7. The molecule has 10 nitrogen and oxygen atoms in total. The summed E-state index contributed by atoms with van der Waals surface area (Å²) in [6.07, 6.45) is 0. The molecule has 1 aliphatic heterocycles. The Morgan fingerprint density at radius 2 is 1.80 bits per heavy atom. The van der Waals surface area contributed by atoms with Gasteiger partial charge in [0.25, 0.3) is 5.91 Å². The third-order valence-electron chi connectivity index (χ3n) is 6.52. The molecule has 1 aromatic heterocycles. The standard InChI is InChI=1S/C27H34FN7O3.2ClH/c1-5-29-10-11-30-25(36)16-34(24-9-7-20(12-18(24)2)27-31-19(3)38-32-27)17-26(37)33(4)35-14-21-6-8-23(28)13-22(21)15-35;;/h6-9,12-13,29H,5,10-11,14-17H2,1-4H3,(H,30,36);2*1H. The zero-order valence-corrected chi connectivity index (χ0v) is 24.7. The van der Waals surface area contributed by atoms with Crippen molar-refractivity contribution in [2.24, 2.45) is 0 Å². The number of aryl methyl sites for hydroxylation is 2. The first-order valence-corrected chi connectivity index (χ1v) is 12.7. The Kier molecular flexibility index (Phi) is 12.3. The summed E-state index contributed by atoms with van der Waals surface area (Å²) < 4.78 is 18.8. The topological polar surface area (TPSA) is 107 Å². The molecule has 0 spiro atoms. The van der Waals surface area contributed by atoms with Crippen LogP contribution in [-0.4, -0.2) is 71.7 Å². The van der Waals surface area contributed by atoms with Gasteiger partial charge in [0.2, 0.25) is 17.6 Å². The van der Waals surface area contributed by atoms with Crippen LogP contribution in [0.3, 0.4) is 0 Å². The number of halogens is 3. The summed E-state index contributed by atoms with van der Waals surface area (Å²) >= 11 is 0. The van der Waals surface area contributed by atoms with Gasteiger partial charge in [0.05, 0.1) is 13.1 Å². The van der Waals surface area contributed by atoms with E-state index < -0.39 is 0 Å². The number of benzene rings is 2. The van der Waals surface area contributed by atoms with Gasteiger partial charge >= 0.3 is 0 Å². The number of amides is 2. The fourth-order valence-corrected chi connectivity index (χ4v) is 4.47. The van der Waals surface area contributed by atoms with Gasteiger partial charge in [-0.1, -0.05) is 18.1 Å². The molecule has 0 aliphatic carbocycles. The first-order chi connectivity index (χ1) is 18.2. The Morgan fingerprint density at radius 3 is 2.48 bits per heavy atom. The highest BCUT2D eigenvalue weighted by Gasteiger charge is 2.27. The minimum Gasteiger partial charge on any atom is -0.353 e. The van der Waals surface area contributed by atoms with Gasteiger partial charge < -0.3 is 20.1 Å². The Labute approximate surface area is 246 Å². The highest BCUT2D eigenvalue weighted by Crippen LogP contribution is 2.27. The molecule has 2 N–H and O–H groups in total. The van der Waals surface area contributed by atoms with Crippen LogP contribution >= 0.6 is 24.8 Å². The van der Waals surface area contributed by atoms with Crippen molar-refractivity contribution in [1.29, 1.82) is 0 Å². The quantitative estimate of drug-likeness (QED) is 0.325. The number of hydrogen-bond acceptors (Lipinski definition) is 8. The lowest BCUT2D eigenvalue weighted by molar-refractivity contribution is -0.145. The van der Waals surface area contributed by atoms with Gasteiger partial charge in [-0.15, -0.1) is 24.8 Å². The third kappa shape index (κ3) is 8.14. The summed E-state index contributed by atoms with van der Waals surface area (Å²) in [5.41, 5.74) is 4.26. The minimum absolute atomic E-state index is 0. The number of hydrogen-bond donors (Lipinski definition) is 2. The predicted octanol–water partition coefficient (Wildman–Crippen LogP) is 3.26. The number of carbonyl (C=O) groups is 2. The zero-order valence-electron chi connectivity index (χ0n) is 23.1. The van der Waals surface area contributed by atoms with E-state index in [1.54, 1.807) is 29.9 Å². The van der Waals surface area contributed by atoms with Crippen molar-refractivity contribution in [3.8, 4) is 11.4 Å². The van der Waals surface area contributed by atoms with Crippen molar-refractivity contribution >= 4 is 42.3 Å². The van der Waals surface area contributed by atoms with Crippen LogP contribution in [0.4, 0.5) is 10.1 Å². The number of rotatable bonds is 11. The summed E-state index contributed by atoms with van der Waals surface area (Å²) in [6, 6.07) is 10.3. The number of nitrogens with zero attached hydrogens (tertiary/aromatic N) is 5. The molecule has 0 bridgehead atoms. The van der Waals surface area contributed by atoms with Gasteiger partial charge in [-0.3, -0.25) is 14.6 Å². The molecule has 0 saturated heterocycles. The number of likely N-dealkylation sites (N-methyl/N-ethyl adjacent to an activating group) is 2. The molecular weight excluding hydrogens is 560 g/mol. The zero-order chi connectivity index (χ0) is 27.2. The van der Waals surface area contributed by atoms with Gasteiger partial charge in [-0.2, -0.15) is 4.98 Å². The Bertz CT molecular complexity index is 1310. The van der Waals surface area contributed by atoms with Crippen LogP contribution in [0, 0.1) is 19.7 Å². The lowest BCUT2D eigenvalue weighted by atomic mass is 10.1. The normalized spacial score (nSPS) is 12.2. The molecule has 4 rings (SSSR count). The fourth-order valence-electron chi connectivity index (χ4n) is 4.47. The molecule has 0 atom stereocenters. The Hall–Kier alpha value is -3.25. The summed E-state index contributed by atoms with van der Waals surface area (Å²) in [5.74, 6) is 0.292. The number of nitrogens with one attached hydrogen (secondary N) is 2. The van der Waals surface area contributed by atoms with Crippen LogP contribution in [0.25, 0.3) is 11.4 Å². The van der Waals surface area contributed by atoms with E-state index in [1.165, 1.54) is 12.1 Å². The van der Waals surface area contributed by atoms with Gasteiger partial charge in [-0.25, -0.2) is 9.40 Å². The minimum atomic E-state index is -0.291. The summed E-state index contributed by atoms with van der Waals surface area (Å²) in [4.78, 5) is 32.3. The van der Waals surface area contributed by atoms with Crippen molar-refractivity contribution in [3.05, 3.63) is 64.8 Å². The summed E-state index contributed by atoms with van der Waals surface area (Å²) in [6.45, 7) is 8.58. The van der Waals surface area contributed by atoms with E-state index in [1.807, 2.05) is 37.1 Å². The second kappa shape index (κ2) is 14.9. The van der Waals surface area contributed by atoms with Gasteiger partial charge in [-0.05, 0) is 60.5 Å². The van der Waals surface area contributed by atoms with Gasteiger partial charge in [0.1, 0.15) is 5.82 Å². The number of carbonyl (C=O) groups excluding carboxylic acids is 2. The summed E-state index contributed by atoms with van der Waals surface area (Å²) in [5, 5.41) is 13.5. The predicted molar refractivity (Wildman–Crippen MR) is 156 cm³/mol. The SMILES string of the molecule is CCNCCNC(=O)CN(CC(=O)N(C)N1Cc2ccc(F)cc2C1)c1ccc(-c2noc(C)n2)cc1C.Cl.Cl. The number of anilines is 1. The largest absolute Gasteiger partial charge is 0.353 e. The average Bonchev–Trinajstić information content (AvgIpc) is 3.51. The molecule has 1 aliphatic rings.